The van der Waals surface area contributed by atoms with Crippen LogP contribution in [0, 0.1) is 0 Å². The first-order valence-corrected chi connectivity index (χ1v) is 9.39. The Labute approximate surface area is 159 Å². The number of rotatable bonds is 4. The van der Waals surface area contributed by atoms with Crippen LogP contribution in [0.5, 0.6) is 5.75 Å². The van der Waals surface area contributed by atoms with Crippen LogP contribution in [-0.2, 0) is 4.74 Å². The van der Waals surface area contributed by atoms with Gasteiger partial charge in [0.1, 0.15) is 11.9 Å². The second-order valence-corrected chi connectivity index (χ2v) is 6.59. The second-order valence-electron chi connectivity index (χ2n) is 5.71. The average Bonchev–Trinajstić information content (AvgIpc) is 3.05. The van der Waals surface area contributed by atoms with E-state index in [9.17, 15) is 9.59 Å². The zero-order chi connectivity index (χ0) is 18.0. The van der Waals surface area contributed by atoms with Gasteiger partial charge in [0.15, 0.2) is 0 Å². The van der Waals surface area contributed by atoms with Crippen LogP contribution in [0.25, 0.3) is 0 Å². The summed E-state index contributed by atoms with van der Waals surface area (Å²) in [5, 5.41) is 2.61. The second kappa shape index (κ2) is 7.43. The standard InChI is InChI=1S/C19H18INO4/c1-21-18(22)14-9-12(19(23)24-2)8-13-16(11-6-4-3-5-7-11)15(10-20)25-17(13)14/h3-9,15-16H,10H2,1-2H3,(H,21,22)/t15-,16+/m1/s1. The van der Waals surface area contributed by atoms with Gasteiger partial charge in [-0.1, -0.05) is 52.9 Å². The fourth-order valence-corrected chi connectivity index (χ4v) is 3.84. The minimum atomic E-state index is -0.474. The molecule has 0 aliphatic carbocycles. The van der Waals surface area contributed by atoms with E-state index in [2.05, 4.69) is 27.9 Å². The monoisotopic (exact) mass is 451 g/mol. The van der Waals surface area contributed by atoms with Crippen molar-refractivity contribution in [1.82, 2.24) is 5.32 Å². The first-order chi connectivity index (χ1) is 12.1. The van der Waals surface area contributed by atoms with Gasteiger partial charge in [-0.25, -0.2) is 4.79 Å². The first-order valence-electron chi connectivity index (χ1n) is 7.86. The molecule has 25 heavy (non-hydrogen) atoms. The molecule has 1 N–H and O–H groups in total. The Bertz CT molecular complexity index is 807. The molecule has 0 aromatic heterocycles. The molecule has 0 radical (unpaired) electrons. The van der Waals surface area contributed by atoms with Crippen LogP contribution >= 0.6 is 22.6 Å². The molecular formula is C19H18INO4. The van der Waals surface area contributed by atoms with Gasteiger partial charge in [-0.2, -0.15) is 0 Å². The Balaban J connectivity index is 2.21. The van der Waals surface area contributed by atoms with Crippen molar-refractivity contribution in [2.75, 3.05) is 18.6 Å². The number of alkyl halides is 1. The van der Waals surface area contributed by atoms with Gasteiger partial charge in [0.2, 0.25) is 0 Å². The maximum Gasteiger partial charge on any atom is 0.337 e. The highest BCUT2D eigenvalue weighted by molar-refractivity contribution is 14.1. The van der Waals surface area contributed by atoms with Gasteiger partial charge in [0.05, 0.1) is 24.2 Å². The van der Waals surface area contributed by atoms with Gasteiger partial charge >= 0.3 is 5.97 Å². The fraction of sp³-hybridized carbons (Fsp3) is 0.263. The highest BCUT2D eigenvalue weighted by Gasteiger charge is 2.38. The Hall–Kier alpha value is -2.09. The molecular weight excluding hydrogens is 433 g/mol. The van der Waals surface area contributed by atoms with Crippen LogP contribution in [0.3, 0.4) is 0 Å². The SMILES string of the molecule is CNC(=O)c1cc(C(=O)OC)cc2c1O[C@H](CI)[C@H]2c1ccccc1. The van der Waals surface area contributed by atoms with Crippen LogP contribution in [0.4, 0.5) is 0 Å². The zero-order valence-electron chi connectivity index (χ0n) is 13.9. The summed E-state index contributed by atoms with van der Waals surface area (Å²) in [5.41, 5.74) is 2.63. The van der Waals surface area contributed by atoms with Crippen LogP contribution in [0.2, 0.25) is 0 Å². The van der Waals surface area contributed by atoms with E-state index >= 15 is 0 Å². The van der Waals surface area contributed by atoms with Crippen molar-refractivity contribution in [3.05, 3.63) is 64.7 Å². The molecule has 2 aromatic carbocycles. The Morgan fingerprint density at radius 2 is 1.96 bits per heavy atom. The predicted octanol–water partition coefficient (Wildman–Crippen LogP) is 3.16. The number of nitrogens with one attached hydrogen (secondary N) is 1. The van der Waals surface area contributed by atoms with E-state index in [1.54, 1.807) is 13.1 Å². The number of amides is 1. The number of halogens is 1. The molecule has 0 bridgehead atoms. The summed E-state index contributed by atoms with van der Waals surface area (Å²) >= 11 is 2.28. The van der Waals surface area contributed by atoms with Crippen molar-refractivity contribution in [2.24, 2.45) is 0 Å². The topological polar surface area (TPSA) is 64.6 Å². The lowest BCUT2D eigenvalue weighted by atomic mass is 9.87. The lowest BCUT2D eigenvalue weighted by Crippen LogP contribution is -2.22. The van der Waals surface area contributed by atoms with Crippen LogP contribution < -0.4 is 10.1 Å². The molecule has 5 nitrogen and oxygen atoms in total. The van der Waals surface area contributed by atoms with Crippen LogP contribution in [-0.4, -0.2) is 36.6 Å². The number of fused-ring (bicyclic) bond motifs is 1. The molecule has 1 aliphatic heterocycles. The third-order valence-corrected chi connectivity index (χ3v) is 5.17. The molecule has 1 amide bonds. The lowest BCUT2D eigenvalue weighted by Gasteiger charge is -2.17. The van der Waals surface area contributed by atoms with Crippen molar-refractivity contribution in [1.29, 1.82) is 0 Å². The molecule has 3 rings (SSSR count). The molecule has 0 spiro atoms. The summed E-state index contributed by atoms with van der Waals surface area (Å²) in [4.78, 5) is 24.4. The lowest BCUT2D eigenvalue weighted by molar-refractivity contribution is 0.0600. The molecule has 2 aromatic rings. The Morgan fingerprint density at radius 1 is 1.24 bits per heavy atom. The third kappa shape index (κ3) is 3.22. The van der Waals surface area contributed by atoms with E-state index < -0.39 is 5.97 Å². The highest BCUT2D eigenvalue weighted by atomic mass is 127. The van der Waals surface area contributed by atoms with E-state index in [4.69, 9.17) is 9.47 Å². The Kier molecular flexibility index (Phi) is 5.27. The van der Waals surface area contributed by atoms with Gasteiger partial charge in [-0.3, -0.25) is 4.79 Å². The molecule has 1 heterocycles. The van der Waals surface area contributed by atoms with Gasteiger partial charge in [-0.15, -0.1) is 0 Å². The maximum atomic E-state index is 12.3. The fourth-order valence-electron chi connectivity index (χ4n) is 3.15. The number of carbonyl (C=O) groups is 2. The molecule has 6 heteroatoms. The van der Waals surface area contributed by atoms with E-state index in [0.29, 0.717) is 16.9 Å². The largest absolute Gasteiger partial charge is 0.487 e. The Morgan fingerprint density at radius 3 is 2.56 bits per heavy atom. The predicted molar refractivity (Wildman–Crippen MR) is 103 cm³/mol. The van der Waals surface area contributed by atoms with Crippen LogP contribution in [0.15, 0.2) is 42.5 Å². The molecule has 1 aliphatic rings. The highest BCUT2D eigenvalue weighted by Crippen LogP contribution is 2.45. The van der Waals surface area contributed by atoms with Crippen LogP contribution in [0.1, 0.15) is 37.8 Å². The smallest absolute Gasteiger partial charge is 0.337 e. The molecule has 0 fully saturated rings. The van der Waals surface area contributed by atoms with Gasteiger partial charge in [0, 0.05) is 17.0 Å². The quantitative estimate of drug-likeness (QED) is 0.441. The van der Waals surface area contributed by atoms with Gasteiger partial charge in [0.25, 0.3) is 5.91 Å². The minimum absolute atomic E-state index is 0.0406. The normalized spacial score (nSPS) is 18.2. The van der Waals surface area contributed by atoms with Gasteiger partial charge < -0.3 is 14.8 Å². The van der Waals surface area contributed by atoms with Crippen molar-refractivity contribution in [2.45, 2.75) is 12.0 Å². The molecule has 0 saturated carbocycles. The summed E-state index contributed by atoms with van der Waals surface area (Å²) in [6, 6.07) is 13.3. The van der Waals surface area contributed by atoms with Crippen molar-refractivity contribution in [3.8, 4) is 5.75 Å². The summed E-state index contributed by atoms with van der Waals surface area (Å²) < 4.78 is 11.7. The van der Waals surface area contributed by atoms with Crippen molar-refractivity contribution in [3.63, 3.8) is 0 Å². The summed E-state index contributed by atoms with van der Waals surface area (Å²) in [5.74, 6) is -0.260. The van der Waals surface area contributed by atoms with Gasteiger partial charge in [-0.05, 0) is 17.7 Å². The third-order valence-electron chi connectivity index (χ3n) is 4.30. The average molecular weight is 451 g/mol. The minimum Gasteiger partial charge on any atom is -0.487 e. The number of ether oxygens (including phenoxy) is 2. The number of benzene rings is 2. The number of hydrogen-bond donors (Lipinski definition) is 1. The number of hydrogen-bond acceptors (Lipinski definition) is 4. The molecule has 0 saturated heterocycles. The van der Waals surface area contributed by atoms with E-state index in [1.807, 2.05) is 30.3 Å². The van der Waals surface area contributed by atoms with E-state index in [-0.39, 0.29) is 17.9 Å². The molecule has 130 valence electrons. The van der Waals surface area contributed by atoms with Crippen molar-refractivity contribution >= 4 is 34.5 Å². The summed E-state index contributed by atoms with van der Waals surface area (Å²) in [6.45, 7) is 0. The zero-order valence-corrected chi connectivity index (χ0v) is 16.1. The number of esters is 1. The number of methoxy groups -OCH3 is 1. The molecule has 0 unspecified atom stereocenters. The summed E-state index contributed by atoms with van der Waals surface area (Å²) in [7, 11) is 2.88. The number of carbonyl (C=O) groups excluding carboxylic acids is 2. The first kappa shape index (κ1) is 17.7. The van der Waals surface area contributed by atoms with Crippen molar-refractivity contribution < 1.29 is 19.1 Å². The maximum absolute atomic E-state index is 12.3. The molecule has 2 atom stereocenters. The summed E-state index contributed by atoms with van der Waals surface area (Å²) in [6.07, 6.45) is -0.102. The van der Waals surface area contributed by atoms with E-state index in [0.717, 1.165) is 15.6 Å². The van der Waals surface area contributed by atoms with E-state index in [1.165, 1.54) is 13.2 Å².